The Bertz CT molecular complexity index is 975. The van der Waals surface area contributed by atoms with Gasteiger partial charge in [-0.3, -0.25) is 4.79 Å². The van der Waals surface area contributed by atoms with Gasteiger partial charge in [0.05, 0.1) is 5.60 Å². The quantitative estimate of drug-likeness (QED) is 0.643. The molecule has 33 heavy (non-hydrogen) atoms. The number of anilines is 1. The van der Waals surface area contributed by atoms with Crippen molar-refractivity contribution in [3.63, 3.8) is 0 Å². The number of aliphatic hydroxyl groups excluding tert-OH is 1. The number of hydrogen-bond acceptors (Lipinski definition) is 4. The van der Waals surface area contributed by atoms with E-state index in [0.29, 0.717) is 36.9 Å². The van der Waals surface area contributed by atoms with E-state index in [1.165, 1.54) is 22.4 Å². The lowest BCUT2D eigenvalue weighted by Gasteiger charge is -2.54. The minimum absolute atomic E-state index is 0.137. The van der Waals surface area contributed by atoms with Crippen molar-refractivity contribution in [1.29, 1.82) is 0 Å². The number of rotatable bonds is 6. The van der Waals surface area contributed by atoms with Gasteiger partial charge in [0.25, 0.3) is 0 Å². The molecule has 0 spiro atoms. The summed E-state index contributed by atoms with van der Waals surface area (Å²) >= 11 is 0. The van der Waals surface area contributed by atoms with Crippen molar-refractivity contribution in [2.75, 3.05) is 25.6 Å². The summed E-state index contributed by atoms with van der Waals surface area (Å²) in [6, 6.07) is 8.87. The summed E-state index contributed by atoms with van der Waals surface area (Å²) in [5.41, 5.74) is 6.06. The van der Waals surface area contributed by atoms with Gasteiger partial charge in [0.2, 0.25) is 0 Å². The average Bonchev–Trinajstić information content (AvgIpc) is 3.10. The molecule has 0 amide bonds. The molecule has 4 nitrogen and oxygen atoms in total. The van der Waals surface area contributed by atoms with E-state index in [-0.39, 0.29) is 12.0 Å². The van der Waals surface area contributed by atoms with Gasteiger partial charge in [-0.15, -0.1) is 0 Å². The molecule has 2 saturated carbocycles. The number of nitrogens with zero attached hydrogens (tertiary/aromatic N) is 1. The van der Waals surface area contributed by atoms with Gasteiger partial charge in [0.1, 0.15) is 0 Å². The van der Waals surface area contributed by atoms with Crippen LogP contribution in [-0.2, 0) is 11.2 Å². The van der Waals surface area contributed by atoms with Gasteiger partial charge in [-0.2, -0.15) is 0 Å². The van der Waals surface area contributed by atoms with Crippen molar-refractivity contribution in [2.45, 2.75) is 76.2 Å². The first kappa shape index (κ1) is 22.9. The summed E-state index contributed by atoms with van der Waals surface area (Å²) in [5, 5.41) is 21.7. The smallest absolute Gasteiger partial charge is 0.156 e. The lowest BCUT2D eigenvalue weighted by Crippen LogP contribution is -2.53. The highest BCUT2D eigenvalue weighted by molar-refractivity contribution is 5.93. The van der Waals surface area contributed by atoms with Crippen LogP contribution in [0.4, 0.5) is 5.69 Å². The molecule has 2 N–H and O–H groups in total. The minimum Gasteiger partial charge on any atom is -0.396 e. The number of fused-ring (bicyclic) bond motifs is 4. The molecule has 5 rings (SSSR count). The third-order valence-electron chi connectivity index (χ3n) is 9.46. The number of aliphatic hydroxyl groups is 2. The molecule has 1 aromatic rings. The molecule has 1 aromatic carbocycles. The van der Waals surface area contributed by atoms with Crippen molar-refractivity contribution in [2.24, 2.45) is 17.3 Å². The van der Waals surface area contributed by atoms with Gasteiger partial charge in [-0.05, 0) is 111 Å². The number of carbonyl (C=O) groups excluding carboxylic acids is 1. The SMILES string of the molecule is CN(C)c1ccc(C[C@@]23CCC4=C5CCC(=O)C=C5CC[C@H]4[C@@H]2CC[C@]3(O)CCCO)cc1. The Kier molecular flexibility index (Phi) is 6.03. The van der Waals surface area contributed by atoms with Gasteiger partial charge in [0, 0.05) is 38.2 Å². The molecule has 4 atom stereocenters. The normalized spacial score (nSPS) is 33.3. The van der Waals surface area contributed by atoms with Gasteiger partial charge < -0.3 is 15.1 Å². The summed E-state index contributed by atoms with van der Waals surface area (Å²) in [7, 11) is 4.13. The van der Waals surface area contributed by atoms with Crippen LogP contribution in [0.3, 0.4) is 0 Å². The van der Waals surface area contributed by atoms with Crippen molar-refractivity contribution < 1.29 is 15.0 Å². The van der Waals surface area contributed by atoms with E-state index in [0.717, 1.165) is 51.4 Å². The maximum atomic E-state index is 12.1. The van der Waals surface area contributed by atoms with E-state index >= 15 is 0 Å². The number of carbonyl (C=O) groups is 1. The van der Waals surface area contributed by atoms with Crippen LogP contribution in [0.2, 0.25) is 0 Å². The Labute approximate surface area is 198 Å². The minimum atomic E-state index is -0.713. The Morgan fingerprint density at radius 1 is 1.03 bits per heavy atom. The summed E-state index contributed by atoms with van der Waals surface area (Å²) in [6.45, 7) is 0.140. The Morgan fingerprint density at radius 3 is 2.55 bits per heavy atom. The lowest BCUT2D eigenvalue weighted by atomic mass is 9.52. The number of benzene rings is 1. The van der Waals surface area contributed by atoms with Crippen molar-refractivity contribution in [3.8, 4) is 0 Å². The summed E-state index contributed by atoms with van der Waals surface area (Å²) in [5.74, 6) is 1.30. The fraction of sp³-hybridized carbons (Fsp3) is 0.621. The molecular formula is C29H39NO3. The topological polar surface area (TPSA) is 60.8 Å². The summed E-state index contributed by atoms with van der Waals surface area (Å²) in [4.78, 5) is 14.1. The highest BCUT2D eigenvalue weighted by atomic mass is 16.3. The monoisotopic (exact) mass is 449 g/mol. The fourth-order valence-electron chi connectivity index (χ4n) is 7.87. The summed E-state index contributed by atoms with van der Waals surface area (Å²) in [6.07, 6.45) is 11.8. The molecule has 4 heteroatoms. The molecule has 2 fully saturated rings. The molecule has 0 saturated heterocycles. The fourth-order valence-corrected chi connectivity index (χ4v) is 7.87. The van der Waals surface area contributed by atoms with Crippen LogP contribution in [0.1, 0.15) is 69.8 Å². The first-order valence-electron chi connectivity index (χ1n) is 12.9. The predicted octanol–water partition coefficient (Wildman–Crippen LogP) is 4.98. The van der Waals surface area contributed by atoms with E-state index in [1.807, 2.05) is 6.08 Å². The third-order valence-corrected chi connectivity index (χ3v) is 9.46. The van der Waals surface area contributed by atoms with E-state index in [2.05, 4.69) is 43.3 Å². The molecule has 4 aliphatic rings. The standard InChI is InChI=1S/C29H39NO3/c1-30(2)22-7-4-20(5-8-22)19-28-15-12-25-24-11-9-23(32)18-21(24)6-10-26(25)27(28)13-16-29(28,33)14-3-17-31/h4-5,7-8,18,26-27,31,33H,3,6,9-17,19H2,1-2H3/t26-,27+,28+,29-/m1/s1. The van der Waals surface area contributed by atoms with Crippen LogP contribution in [0.15, 0.2) is 47.1 Å². The van der Waals surface area contributed by atoms with Crippen LogP contribution in [-0.4, -0.2) is 42.3 Å². The van der Waals surface area contributed by atoms with Crippen LogP contribution >= 0.6 is 0 Å². The highest BCUT2D eigenvalue weighted by Gasteiger charge is 2.62. The molecule has 0 aliphatic heterocycles. The van der Waals surface area contributed by atoms with Crippen molar-refractivity contribution >= 4 is 11.5 Å². The largest absolute Gasteiger partial charge is 0.396 e. The van der Waals surface area contributed by atoms with E-state index < -0.39 is 5.60 Å². The summed E-state index contributed by atoms with van der Waals surface area (Å²) < 4.78 is 0. The average molecular weight is 450 g/mol. The first-order valence-corrected chi connectivity index (χ1v) is 12.9. The second-order valence-electron chi connectivity index (χ2n) is 11.2. The van der Waals surface area contributed by atoms with Gasteiger partial charge in [-0.1, -0.05) is 17.7 Å². The second-order valence-corrected chi connectivity index (χ2v) is 11.2. The van der Waals surface area contributed by atoms with Crippen molar-refractivity contribution in [3.05, 3.63) is 52.6 Å². The number of ketones is 1. The van der Waals surface area contributed by atoms with Crippen LogP contribution in [0.25, 0.3) is 0 Å². The van der Waals surface area contributed by atoms with E-state index in [1.54, 1.807) is 5.57 Å². The molecule has 0 aromatic heterocycles. The highest BCUT2D eigenvalue weighted by Crippen LogP contribution is 2.65. The predicted molar refractivity (Wildman–Crippen MR) is 132 cm³/mol. The Balaban J connectivity index is 1.52. The van der Waals surface area contributed by atoms with Crippen LogP contribution in [0, 0.1) is 17.3 Å². The Hall–Kier alpha value is -1.91. The number of hydrogen-bond donors (Lipinski definition) is 2. The maximum Gasteiger partial charge on any atom is 0.156 e. The second kappa shape index (κ2) is 8.70. The lowest BCUT2D eigenvalue weighted by molar-refractivity contribution is -0.114. The zero-order valence-electron chi connectivity index (χ0n) is 20.3. The maximum absolute atomic E-state index is 12.1. The first-order chi connectivity index (χ1) is 15.9. The molecule has 0 heterocycles. The van der Waals surface area contributed by atoms with Gasteiger partial charge in [-0.25, -0.2) is 0 Å². The van der Waals surface area contributed by atoms with Crippen LogP contribution < -0.4 is 4.90 Å². The molecule has 178 valence electrons. The molecular weight excluding hydrogens is 410 g/mol. The van der Waals surface area contributed by atoms with Gasteiger partial charge in [0.15, 0.2) is 5.78 Å². The van der Waals surface area contributed by atoms with E-state index in [9.17, 15) is 15.0 Å². The van der Waals surface area contributed by atoms with Crippen molar-refractivity contribution in [1.82, 2.24) is 0 Å². The third kappa shape index (κ3) is 3.80. The molecule has 4 aliphatic carbocycles. The zero-order chi connectivity index (χ0) is 23.2. The molecule has 0 unspecified atom stereocenters. The molecule has 0 bridgehead atoms. The number of allylic oxidation sites excluding steroid dienone is 4. The molecule has 0 radical (unpaired) electrons. The van der Waals surface area contributed by atoms with Gasteiger partial charge >= 0.3 is 0 Å². The van der Waals surface area contributed by atoms with E-state index in [4.69, 9.17) is 0 Å². The zero-order valence-corrected chi connectivity index (χ0v) is 20.3. The van der Waals surface area contributed by atoms with Crippen LogP contribution in [0.5, 0.6) is 0 Å². The Morgan fingerprint density at radius 2 is 1.82 bits per heavy atom.